The number of hydrogen-bond donors (Lipinski definition) is 4. The summed E-state index contributed by atoms with van der Waals surface area (Å²) < 4.78 is 4.38. The Balaban J connectivity index is 0.000000433. The number of para-hydroxylation sites is 2. The summed E-state index contributed by atoms with van der Waals surface area (Å²) in [6.07, 6.45) is 0. The van der Waals surface area contributed by atoms with Crippen LogP contribution in [0.5, 0.6) is 5.75 Å². The van der Waals surface area contributed by atoms with Gasteiger partial charge in [0.2, 0.25) is 0 Å². The lowest BCUT2D eigenvalue weighted by atomic mass is 9.90. The predicted molar refractivity (Wildman–Crippen MR) is 76.5 cm³/mol. The van der Waals surface area contributed by atoms with Crippen molar-refractivity contribution in [3.63, 3.8) is 0 Å². The lowest BCUT2D eigenvalue weighted by Crippen LogP contribution is -2.44. The van der Waals surface area contributed by atoms with Crippen LogP contribution in [0.15, 0.2) is 24.3 Å². The Kier molecular flexibility index (Phi) is 6.78. The summed E-state index contributed by atoms with van der Waals surface area (Å²) in [6.45, 7) is 6.31. The first-order chi connectivity index (χ1) is 9.36. The van der Waals surface area contributed by atoms with Gasteiger partial charge in [0.15, 0.2) is 5.75 Å². The Labute approximate surface area is 122 Å². The summed E-state index contributed by atoms with van der Waals surface area (Å²) >= 11 is 0. The largest absolute Gasteiger partial charge is 0.707 e. The molecule has 9 heteroatoms. The second kappa shape index (κ2) is 7.37. The second-order valence-electron chi connectivity index (χ2n) is 5.29. The molecule has 21 heavy (non-hydrogen) atoms. The van der Waals surface area contributed by atoms with Gasteiger partial charge in [-0.15, -0.1) is 0 Å². The molecule has 1 aromatic carbocycles. The maximum absolute atomic E-state index is 10.4. The molecule has 0 spiro atoms. The molecule has 0 aliphatic rings. The fourth-order valence-corrected chi connectivity index (χ4v) is 0.821. The molecule has 4 N–H and O–H groups in total. The van der Waals surface area contributed by atoms with Gasteiger partial charge in [-0.2, -0.15) is 0 Å². The van der Waals surface area contributed by atoms with E-state index in [1.807, 2.05) is 0 Å². The molecule has 8 nitrogen and oxygen atoms in total. The number of nitro benzene ring substituents is 1. The van der Waals surface area contributed by atoms with E-state index in [9.17, 15) is 10.1 Å². The van der Waals surface area contributed by atoms with Gasteiger partial charge >= 0.3 is 13.0 Å². The van der Waals surface area contributed by atoms with Crippen molar-refractivity contribution in [2.24, 2.45) is 0 Å². The average molecular weight is 301 g/mol. The van der Waals surface area contributed by atoms with Gasteiger partial charge in [-0.3, -0.25) is 10.1 Å². The van der Waals surface area contributed by atoms with E-state index in [-0.39, 0.29) is 11.4 Å². The summed E-state index contributed by atoms with van der Waals surface area (Å²) in [4.78, 5) is 9.70. The van der Waals surface area contributed by atoms with Crippen molar-refractivity contribution in [1.82, 2.24) is 0 Å². The zero-order valence-corrected chi connectivity index (χ0v) is 12.3. The molecule has 0 unspecified atom stereocenters. The number of aliphatic hydroxyl groups is 2. The third-order valence-electron chi connectivity index (χ3n) is 2.79. The Morgan fingerprint density at radius 2 is 1.52 bits per heavy atom. The van der Waals surface area contributed by atoms with Gasteiger partial charge in [0.05, 0.1) is 16.1 Å². The minimum atomic E-state index is -2.05. The molecule has 0 saturated carbocycles. The van der Waals surface area contributed by atoms with Crippen LogP contribution in [0.4, 0.5) is 5.69 Å². The highest BCUT2D eigenvalue weighted by Gasteiger charge is 2.31. The molecular weight excluding hydrogens is 281 g/mol. The topological polar surface area (TPSA) is 133 Å². The summed E-state index contributed by atoms with van der Waals surface area (Å²) in [7, 11) is -2.05. The zero-order chi connectivity index (χ0) is 16.8. The molecule has 0 aliphatic heterocycles. The van der Waals surface area contributed by atoms with Crippen molar-refractivity contribution in [3.05, 3.63) is 34.4 Å². The highest BCUT2D eigenvalue weighted by molar-refractivity contribution is 6.33. The molecule has 1 aromatic rings. The summed E-state index contributed by atoms with van der Waals surface area (Å²) in [5.41, 5.74) is -2.32. The molecule has 0 fully saturated rings. The fourth-order valence-electron chi connectivity index (χ4n) is 0.821. The van der Waals surface area contributed by atoms with Gasteiger partial charge in [0, 0.05) is 6.07 Å². The van der Waals surface area contributed by atoms with E-state index >= 15 is 0 Å². The van der Waals surface area contributed by atoms with Crippen molar-refractivity contribution in [2.75, 3.05) is 0 Å². The van der Waals surface area contributed by atoms with Crippen LogP contribution in [-0.2, 0) is 0 Å². The van der Waals surface area contributed by atoms with Crippen molar-refractivity contribution < 1.29 is 29.8 Å². The lowest BCUT2D eigenvalue weighted by Gasteiger charge is -2.31. The first-order valence-corrected chi connectivity index (χ1v) is 6.07. The first kappa shape index (κ1) is 19.3. The smallest absolute Gasteiger partial charge is 0.507 e. The molecular formula is C12H20BNO7. The fraction of sp³-hybridized carbons (Fsp3) is 0.500. The van der Waals surface area contributed by atoms with E-state index in [0.717, 1.165) is 0 Å². The summed E-state index contributed by atoms with van der Waals surface area (Å²) in [6, 6.07) is 5.43. The SMILES string of the molecule is CC(C)(O)C(C)(C)O.O=[N+]([O-])c1ccccc1OB(O)O. The molecule has 0 amide bonds. The highest BCUT2D eigenvalue weighted by Crippen LogP contribution is 2.25. The Morgan fingerprint density at radius 3 is 1.86 bits per heavy atom. The van der Waals surface area contributed by atoms with E-state index in [2.05, 4.69) is 4.65 Å². The summed E-state index contributed by atoms with van der Waals surface area (Å²) in [5.74, 6) is -0.178. The molecule has 0 bridgehead atoms. The minimum Gasteiger partial charge on any atom is -0.507 e. The van der Waals surface area contributed by atoms with Gasteiger partial charge in [-0.25, -0.2) is 0 Å². The minimum absolute atomic E-state index is 0.178. The maximum Gasteiger partial charge on any atom is 0.707 e. The third-order valence-corrected chi connectivity index (χ3v) is 2.79. The van der Waals surface area contributed by atoms with Crippen molar-refractivity contribution >= 4 is 13.0 Å². The van der Waals surface area contributed by atoms with E-state index in [4.69, 9.17) is 20.3 Å². The molecule has 0 saturated heterocycles. The van der Waals surface area contributed by atoms with Crippen LogP contribution >= 0.6 is 0 Å². The van der Waals surface area contributed by atoms with Crippen LogP contribution in [0.2, 0.25) is 0 Å². The van der Waals surface area contributed by atoms with Gasteiger partial charge in [0.1, 0.15) is 0 Å². The Morgan fingerprint density at radius 1 is 1.10 bits per heavy atom. The highest BCUT2D eigenvalue weighted by atomic mass is 16.6. The number of hydrogen-bond acceptors (Lipinski definition) is 7. The van der Waals surface area contributed by atoms with Crippen molar-refractivity contribution in [3.8, 4) is 5.75 Å². The van der Waals surface area contributed by atoms with Crippen LogP contribution in [-0.4, -0.2) is 43.7 Å². The number of benzene rings is 1. The van der Waals surface area contributed by atoms with Crippen molar-refractivity contribution in [1.29, 1.82) is 0 Å². The molecule has 0 heterocycles. The Hall–Kier alpha value is -1.68. The molecule has 1 rings (SSSR count). The third kappa shape index (κ3) is 7.05. The Bertz CT molecular complexity index is 453. The standard InChI is InChI=1S/C6H6BNO5.C6H14O2/c9-7(10)13-6-4-2-1-3-5(6)8(11)12;1-5(2,7)6(3,4)8/h1-4,9-10H;7-8H,1-4H3. The molecule has 0 atom stereocenters. The average Bonchev–Trinajstić information content (AvgIpc) is 2.26. The normalized spacial score (nSPS) is 11.2. The summed E-state index contributed by atoms with van der Waals surface area (Å²) in [5, 5.41) is 45.4. The second-order valence-corrected chi connectivity index (χ2v) is 5.29. The molecule has 0 radical (unpaired) electrons. The van der Waals surface area contributed by atoms with Crippen LogP contribution in [0.3, 0.4) is 0 Å². The van der Waals surface area contributed by atoms with Gasteiger partial charge in [0.25, 0.3) is 0 Å². The van der Waals surface area contributed by atoms with E-state index in [0.29, 0.717) is 0 Å². The van der Waals surface area contributed by atoms with Gasteiger partial charge in [-0.1, -0.05) is 12.1 Å². The zero-order valence-electron chi connectivity index (χ0n) is 12.3. The van der Waals surface area contributed by atoms with Crippen LogP contribution < -0.4 is 4.65 Å². The van der Waals surface area contributed by atoms with E-state index in [1.54, 1.807) is 27.7 Å². The number of rotatable bonds is 4. The van der Waals surface area contributed by atoms with E-state index in [1.165, 1.54) is 24.3 Å². The van der Waals surface area contributed by atoms with Gasteiger partial charge < -0.3 is 24.9 Å². The molecule has 0 aliphatic carbocycles. The van der Waals surface area contributed by atoms with Gasteiger partial charge in [-0.05, 0) is 33.8 Å². The quantitative estimate of drug-likeness (QED) is 0.361. The molecule has 0 aromatic heterocycles. The lowest BCUT2D eigenvalue weighted by molar-refractivity contribution is -0.385. The number of nitro groups is 1. The number of nitrogens with zero attached hydrogens (tertiary/aromatic N) is 1. The monoisotopic (exact) mass is 301 g/mol. The van der Waals surface area contributed by atoms with Crippen LogP contribution in [0.1, 0.15) is 27.7 Å². The first-order valence-electron chi connectivity index (χ1n) is 6.07. The van der Waals surface area contributed by atoms with Crippen LogP contribution in [0, 0.1) is 10.1 Å². The van der Waals surface area contributed by atoms with Crippen molar-refractivity contribution in [2.45, 2.75) is 38.9 Å². The molecule has 118 valence electrons. The maximum atomic E-state index is 10.4. The van der Waals surface area contributed by atoms with Crippen LogP contribution in [0.25, 0.3) is 0 Å². The van der Waals surface area contributed by atoms with E-state index < -0.39 is 23.4 Å². The predicted octanol–water partition coefficient (Wildman–Crippen LogP) is 0.471.